The highest BCUT2D eigenvalue weighted by atomic mass is 16.5. The standard InChI is InChI=1S/C38H35NO8/c1-45-34-13-21(3-8-31(34)43)38-32(44)15-26-28-14-27-23(19-2-7-29-20(12-19)10-11-39-29)4-5-24-30(42)9-6-25(36(24)27)37(28)35(16-33(26)47-38)46-22(17-40)18-41/h2-13,16,22-23,27,32,38-44H,14-15,17-18H2,1H3. The lowest BCUT2D eigenvalue weighted by Crippen LogP contribution is -2.33. The second-order valence-electron chi connectivity index (χ2n) is 12.5. The van der Waals surface area contributed by atoms with Gasteiger partial charge >= 0.3 is 0 Å². The van der Waals surface area contributed by atoms with Crippen molar-refractivity contribution in [3.63, 3.8) is 0 Å². The Morgan fingerprint density at radius 2 is 1.70 bits per heavy atom. The van der Waals surface area contributed by atoms with Gasteiger partial charge in [-0.2, -0.15) is 0 Å². The number of aromatic nitrogens is 1. The van der Waals surface area contributed by atoms with Crippen LogP contribution in [0.5, 0.6) is 28.7 Å². The summed E-state index contributed by atoms with van der Waals surface area (Å²) in [7, 11) is 1.47. The molecule has 1 aromatic heterocycles. The summed E-state index contributed by atoms with van der Waals surface area (Å²) in [6.45, 7) is -0.777. The zero-order chi connectivity index (χ0) is 32.4. The average Bonchev–Trinajstić information content (AvgIpc) is 3.57. The number of fused-ring (bicyclic) bond motifs is 5. The Bertz CT molecular complexity index is 2040. The van der Waals surface area contributed by atoms with E-state index in [0.29, 0.717) is 29.9 Å². The van der Waals surface area contributed by atoms with Crippen LogP contribution in [0, 0.1) is 0 Å². The normalized spacial score (nSPS) is 20.8. The highest BCUT2D eigenvalue weighted by molar-refractivity contribution is 5.88. The summed E-state index contributed by atoms with van der Waals surface area (Å²) >= 11 is 0. The van der Waals surface area contributed by atoms with E-state index in [1.165, 1.54) is 13.2 Å². The van der Waals surface area contributed by atoms with Crippen molar-refractivity contribution >= 4 is 17.0 Å². The van der Waals surface area contributed by atoms with Gasteiger partial charge in [-0.15, -0.1) is 0 Å². The largest absolute Gasteiger partial charge is 0.507 e. The summed E-state index contributed by atoms with van der Waals surface area (Å²) < 4.78 is 18.1. The predicted molar refractivity (Wildman–Crippen MR) is 176 cm³/mol. The molecule has 47 heavy (non-hydrogen) atoms. The molecule has 4 atom stereocenters. The summed E-state index contributed by atoms with van der Waals surface area (Å²) in [5, 5.41) is 53.8. The van der Waals surface area contributed by atoms with Gasteiger partial charge < -0.3 is 44.7 Å². The molecular weight excluding hydrogens is 598 g/mol. The number of methoxy groups -OCH3 is 1. The molecule has 1 aliphatic heterocycles. The van der Waals surface area contributed by atoms with Crippen molar-refractivity contribution in [1.82, 2.24) is 4.98 Å². The number of phenolic OH excluding ortho intramolecular Hbond substituents is 2. The number of aliphatic hydroxyl groups is 3. The third-order valence-corrected chi connectivity index (χ3v) is 9.92. The van der Waals surface area contributed by atoms with Gasteiger partial charge in [-0.05, 0) is 81.9 Å². The van der Waals surface area contributed by atoms with E-state index in [9.17, 15) is 25.5 Å². The Labute approximate surface area is 270 Å². The molecular formula is C38H35NO8. The van der Waals surface area contributed by atoms with Gasteiger partial charge in [-0.1, -0.05) is 30.4 Å². The number of aliphatic hydroxyl groups excluding tert-OH is 3. The summed E-state index contributed by atoms with van der Waals surface area (Å²) in [4.78, 5) is 3.27. The number of phenols is 2. The smallest absolute Gasteiger partial charge is 0.160 e. The molecule has 3 aliphatic rings. The fourth-order valence-corrected chi connectivity index (χ4v) is 7.68. The van der Waals surface area contributed by atoms with E-state index in [1.54, 1.807) is 24.3 Å². The Morgan fingerprint density at radius 3 is 2.51 bits per heavy atom. The summed E-state index contributed by atoms with van der Waals surface area (Å²) in [5.41, 5.74) is 8.16. The number of rotatable bonds is 7. The molecule has 8 rings (SSSR count). The summed E-state index contributed by atoms with van der Waals surface area (Å²) in [6.07, 6.45) is 4.46. The Balaban J connectivity index is 1.30. The quantitative estimate of drug-likeness (QED) is 0.138. The Morgan fingerprint density at radius 1 is 0.894 bits per heavy atom. The molecule has 0 saturated heterocycles. The van der Waals surface area contributed by atoms with Crippen molar-refractivity contribution in [2.45, 2.75) is 43.0 Å². The second kappa shape index (κ2) is 11.4. The number of nitrogens with one attached hydrogen (secondary N) is 1. The van der Waals surface area contributed by atoms with Gasteiger partial charge in [0.25, 0.3) is 0 Å². The fourth-order valence-electron chi connectivity index (χ4n) is 7.68. The highest BCUT2D eigenvalue weighted by Gasteiger charge is 2.41. The van der Waals surface area contributed by atoms with E-state index in [2.05, 4.69) is 35.3 Å². The molecule has 0 amide bonds. The maximum Gasteiger partial charge on any atom is 0.160 e. The second-order valence-corrected chi connectivity index (χ2v) is 12.5. The molecule has 5 aromatic rings. The van der Waals surface area contributed by atoms with Gasteiger partial charge in [0.15, 0.2) is 11.5 Å². The van der Waals surface area contributed by atoms with Crippen LogP contribution >= 0.6 is 0 Å². The number of benzene rings is 4. The number of aromatic amines is 1. The number of hydrogen-bond acceptors (Lipinski definition) is 8. The Kier molecular flexibility index (Phi) is 7.13. The van der Waals surface area contributed by atoms with Crippen LogP contribution in [0.15, 0.2) is 72.9 Å². The molecule has 240 valence electrons. The van der Waals surface area contributed by atoms with Crippen LogP contribution in [0.1, 0.15) is 51.3 Å². The highest BCUT2D eigenvalue weighted by Crippen LogP contribution is 2.57. The minimum Gasteiger partial charge on any atom is -0.507 e. The number of H-pyrrole nitrogens is 1. The first-order chi connectivity index (χ1) is 22.9. The lowest BCUT2D eigenvalue weighted by atomic mass is 9.65. The van der Waals surface area contributed by atoms with Crippen LogP contribution in [0.3, 0.4) is 0 Å². The third kappa shape index (κ3) is 4.73. The maximum absolute atomic E-state index is 11.5. The van der Waals surface area contributed by atoms with Crippen molar-refractivity contribution in [3.8, 4) is 39.9 Å². The fraction of sp³-hybridized carbons (Fsp3) is 0.263. The zero-order valence-electron chi connectivity index (χ0n) is 25.7. The summed E-state index contributed by atoms with van der Waals surface area (Å²) in [5.74, 6) is 1.40. The van der Waals surface area contributed by atoms with Crippen LogP contribution in [0.2, 0.25) is 0 Å². The van der Waals surface area contributed by atoms with E-state index < -0.39 is 18.3 Å². The molecule has 0 spiro atoms. The van der Waals surface area contributed by atoms with Crippen molar-refractivity contribution in [1.29, 1.82) is 0 Å². The van der Waals surface area contributed by atoms with Gasteiger partial charge in [-0.25, -0.2) is 0 Å². The molecule has 0 fully saturated rings. The molecule has 4 aromatic carbocycles. The predicted octanol–water partition coefficient (Wildman–Crippen LogP) is 5.47. The van der Waals surface area contributed by atoms with Crippen LogP contribution in [-0.4, -0.2) is 63.0 Å². The van der Waals surface area contributed by atoms with Crippen molar-refractivity contribution in [3.05, 3.63) is 106 Å². The van der Waals surface area contributed by atoms with Gasteiger partial charge in [-0.3, -0.25) is 0 Å². The first kappa shape index (κ1) is 29.4. The molecule has 0 saturated carbocycles. The first-order valence-corrected chi connectivity index (χ1v) is 15.8. The average molecular weight is 634 g/mol. The molecule has 9 heteroatoms. The first-order valence-electron chi connectivity index (χ1n) is 15.8. The molecule has 4 unspecified atom stereocenters. The molecule has 2 aliphatic carbocycles. The van der Waals surface area contributed by atoms with Gasteiger partial charge in [0.2, 0.25) is 0 Å². The number of allylic oxidation sites excluding steroid dienone is 1. The van der Waals surface area contributed by atoms with Crippen LogP contribution in [-0.2, 0) is 12.8 Å². The van der Waals surface area contributed by atoms with Crippen molar-refractivity contribution < 1.29 is 39.7 Å². The van der Waals surface area contributed by atoms with Crippen LogP contribution < -0.4 is 14.2 Å². The summed E-state index contributed by atoms with van der Waals surface area (Å²) in [6, 6.07) is 18.7. The molecule has 0 bridgehead atoms. The SMILES string of the molecule is COc1cc(C2Oc3cc(OC(CO)CO)c4c(c3CC2O)CC2c3c-4ccc(O)c3C=CC2c2ccc3[nH]ccc3c2)ccc1O. The van der Waals surface area contributed by atoms with Crippen molar-refractivity contribution in [2.75, 3.05) is 20.3 Å². The van der Waals surface area contributed by atoms with Crippen LogP contribution in [0.4, 0.5) is 0 Å². The van der Waals surface area contributed by atoms with Gasteiger partial charge in [0.05, 0.1) is 26.4 Å². The third-order valence-electron chi connectivity index (χ3n) is 9.92. The van der Waals surface area contributed by atoms with E-state index in [4.69, 9.17) is 14.2 Å². The molecule has 9 nitrogen and oxygen atoms in total. The lowest BCUT2D eigenvalue weighted by Gasteiger charge is -2.40. The van der Waals surface area contributed by atoms with Crippen LogP contribution in [0.25, 0.3) is 28.1 Å². The molecule has 6 N–H and O–H groups in total. The van der Waals surface area contributed by atoms with Crippen molar-refractivity contribution in [2.24, 2.45) is 0 Å². The van der Waals surface area contributed by atoms with E-state index in [-0.39, 0.29) is 42.3 Å². The topological polar surface area (TPSA) is 145 Å². The van der Waals surface area contributed by atoms with E-state index >= 15 is 0 Å². The number of aromatic hydroxyl groups is 2. The van der Waals surface area contributed by atoms with E-state index in [1.807, 2.05) is 18.3 Å². The number of hydrogen-bond donors (Lipinski definition) is 6. The van der Waals surface area contributed by atoms with Gasteiger partial charge in [0, 0.05) is 46.8 Å². The maximum atomic E-state index is 11.5. The lowest BCUT2D eigenvalue weighted by molar-refractivity contribution is 0.0195. The van der Waals surface area contributed by atoms with Gasteiger partial charge in [0.1, 0.15) is 29.5 Å². The Hall–Kier alpha value is -4.96. The minimum absolute atomic E-state index is 0.00463. The zero-order valence-corrected chi connectivity index (χ0v) is 25.7. The van der Waals surface area contributed by atoms with E-state index in [0.717, 1.165) is 49.8 Å². The monoisotopic (exact) mass is 633 g/mol. The number of ether oxygens (including phenoxy) is 3. The molecule has 0 radical (unpaired) electrons. The minimum atomic E-state index is -0.898. The molecule has 2 heterocycles.